The second-order valence-corrected chi connectivity index (χ2v) is 7.96. The zero-order valence-electron chi connectivity index (χ0n) is 18.3. The number of carbonyl (C=O) groups excluding carboxylic acids is 2. The number of furan rings is 1. The summed E-state index contributed by atoms with van der Waals surface area (Å²) in [6, 6.07) is 18.1. The number of amides is 2. The van der Waals surface area contributed by atoms with Gasteiger partial charge in [0.05, 0.1) is 6.54 Å². The molecule has 170 valence electrons. The molecule has 0 bridgehead atoms. The van der Waals surface area contributed by atoms with Crippen LogP contribution in [0.1, 0.15) is 40.3 Å². The van der Waals surface area contributed by atoms with Crippen LogP contribution in [0.5, 0.6) is 0 Å². The number of hydrogen-bond donors (Lipinski definition) is 2. The van der Waals surface area contributed by atoms with Gasteiger partial charge >= 0.3 is 12.1 Å². The van der Waals surface area contributed by atoms with Gasteiger partial charge < -0.3 is 24.5 Å². The highest BCUT2D eigenvalue weighted by molar-refractivity contribution is 5.86. The summed E-state index contributed by atoms with van der Waals surface area (Å²) in [6.45, 7) is 1.79. The van der Waals surface area contributed by atoms with E-state index in [1.807, 2.05) is 36.4 Å². The second-order valence-electron chi connectivity index (χ2n) is 7.96. The van der Waals surface area contributed by atoms with Crippen molar-refractivity contribution < 1.29 is 28.6 Å². The number of nitrogens with zero attached hydrogens (tertiary/aromatic N) is 1. The Hall–Kier alpha value is -4.07. The summed E-state index contributed by atoms with van der Waals surface area (Å²) in [7, 11) is 1.54. The molecule has 2 amide bonds. The summed E-state index contributed by atoms with van der Waals surface area (Å²) in [5, 5.41) is 11.5. The summed E-state index contributed by atoms with van der Waals surface area (Å²) in [5.74, 6) is -1.48. The fourth-order valence-corrected chi connectivity index (χ4v) is 4.10. The van der Waals surface area contributed by atoms with E-state index >= 15 is 0 Å². The molecule has 2 N–H and O–H groups in total. The predicted octanol–water partition coefficient (Wildman–Crippen LogP) is 3.86. The first kappa shape index (κ1) is 22.1. The maximum Gasteiger partial charge on any atom is 0.407 e. The van der Waals surface area contributed by atoms with E-state index in [-0.39, 0.29) is 30.7 Å². The summed E-state index contributed by atoms with van der Waals surface area (Å²) >= 11 is 0. The highest BCUT2D eigenvalue weighted by Crippen LogP contribution is 2.44. The van der Waals surface area contributed by atoms with Gasteiger partial charge in [0.15, 0.2) is 0 Å². The number of fused-ring (bicyclic) bond motifs is 3. The number of benzene rings is 2. The molecule has 1 aromatic heterocycles. The van der Waals surface area contributed by atoms with Gasteiger partial charge in [0, 0.05) is 13.0 Å². The van der Waals surface area contributed by atoms with E-state index in [9.17, 15) is 14.4 Å². The average Bonchev–Trinajstić information content (AvgIpc) is 3.40. The fraction of sp³-hybridized carbons (Fsp3) is 0.240. The first-order valence-corrected chi connectivity index (χ1v) is 10.5. The number of rotatable bonds is 7. The van der Waals surface area contributed by atoms with Gasteiger partial charge in [-0.3, -0.25) is 4.79 Å². The maximum atomic E-state index is 12.6. The number of carboxylic acid groups (broad SMARTS) is 1. The third-order valence-electron chi connectivity index (χ3n) is 5.69. The van der Waals surface area contributed by atoms with Crippen molar-refractivity contribution in [3.8, 4) is 11.1 Å². The Bertz CT molecular complexity index is 1160. The summed E-state index contributed by atoms with van der Waals surface area (Å²) in [6.07, 6.45) is -0.683. The maximum absolute atomic E-state index is 12.6. The molecular formula is C25H24N2O6. The number of likely N-dealkylation sites (N-methyl/N-ethyl adjacent to an activating group) is 1. The highest BCUT2D eigenvalue weighted by atomic mass is 16.5. The lowest BCUT2D eigenvalue weighted by atomic mass is 9.98. The smallest absolute Gasteiger partial charge is 0.407 e. The number of alkyl carbamates (subject to hydrolysis) is 1. The third-order valence-corrected chi connectivity index (χ3v) is 5.69. The number of aromatic carboxylic acids is 1. The van der Waals surface area contributed by atoms with Crippen LogP contribution >= 0.6 is 0 Å². The molecule has 33 heavy (non-hydrogen) atoms. The SMILES string of the molecule is C[C@@H](NC(=O)OCC1c2ccccc2-c2ccccc21)C(=O)N(C)Cc1ccc(C(=O)O)o1. The number of ether oxygens (including phenoxy) is 1. The van der Waals surface area contributed by atoms with Crippen molar-refractivity contribution in [2.45, 2.75) is 25.4 Å². The summed E-state index contributed by atoms with van der Waals surface area (Å²) in [4.78, 5) is 37.3. The van der Waals surface area contributed by atoms with Gasteiger partial charge in [-0.15, -0.1) is 0 Å². The Morgan fingerprint density at radius 3 is 2.21 bits per heavy atom. The van der Waals surface area contributed by atoms with E-state index in [4.69, 9.17) is 14.3 Å². The van der Waals surface area contributed by atoms with Crippen LogP contribution in [0.2, 0.25) is 0 Å². The molecule has 1 heterocycles. The van der Waals surface area contributed by atoms with Crippen LogP contribution < -0.4 is 5.32 Å². The van der Waals surface area contributed by atoms with Crippen molar-refractivity contribution >= 4 is 18.0 Å². The van der Waals surface area contributed by atoms with E-state index < -0.39 is 18.1 Å². The monoisotopic (exact) mass is 448 g/mol. The molecule has 0 aliphatic heterocycles. The number of carbonyl (C=O) groups is 3. The van der Waals surface area contributed by atoms with Crippen LogP contribution in [-0.4, -0.2) is 47.7 Å². The third kappa shape index (κ3) is 4.59. The van der Waals surface area contributed by atoms with Crippen molar-refractivity contribution in [1.29, 1.82) is 0 Å². The molecular weight excluding hydrogens is 424 g/mol. The van der Waals surface area contributed by atoms with Crippen molar-refractivity contribution in [1.82, 2.24) is 10.2 Å². The Kier molecular flexibility index (Phi) is 6.17. The summed E-state index contributed by atoms with van der Waals surface area (Å²) < 4.78 is 10.7. The van der Waals surface area contributed by atoms with Gasteiger partial charge in [-0.05, 0) is 41.3 Å². The molecule has 0 fully saturated rings. The van der Waals surface area contributed by atoms with Gasteiger partial charge in [-0.1, -0.05) is 48.5 Å². The van der Waals surface area contributed by atoms with Crippen LogP contribution in [0, 0.1) is 0 Å². The second kappa shape index (κ2) is 9.20. The molecule has 1 atom stereocenters. The van der Waals surface area contributed by atoms with E-state index in [1.165, 1.54) is 17.0 Å². The molecule has 4 rings (SSSR count). The Balaban J connectivity index is 1.33. The van der Waals surface area contributed by atoms with Crippen LogP contribution in [0.15, 0.2) is 65.1 Å². The summed E-state index contributed by atoms with van der Waals surface area (Å²) in [5.41, 5.74) is 4.48. The van der Waals surface area contributed by atoms with E-state index in [0.717, 1.165) is 22.3 Å². The molecule has 0 saturated heterocycles. The molecule has 0 unspecified atom stereocenters. The first-order valence-electron chi connectivity index (χ1n) is 10.5. The minimum Gasteiger partial charge on any atom is -0.475 e. The molecule has 8 nitrogen and oxygen atoms in total. The minimum atomic E-state index is -1.18. The number of nitrogens with one attached hydrogen (secondary N) is 1. The molecule has 0 radical (unpaired) electrons. The standard InChI is InChI=1S/C25H24N2O6/c1-15(23(28)27(2)13-16-11-12-22(33-16)24(29)30)26-25(31)32-14-21-19-9-5-3-7-17(19)18-8-4-6-10-20(18)21/h3-12,15,21H,13-14H2,1-2H3,(H,26,31)(H,29,30)/t15-/m1/s1. The lowest BCUT2D eigenvalue weighted by Crippen LogP contribution is -2.45. The van der Waals surface area contributed by atoms with Crippen molar-refractivity contribution in [2.75, 3.05) is 13.7 Å². The lowest BCUT2D eigenvalue weighted by molar-refractivity contribution is -0.132. The number of hydrogen-bond acceptors (Lipinski definition) is 5. The van der Waals surface area contributed by atoms with Crippen molar-refractivity contribution in [3.05, 3.63) is 83.3 Å². The molecule has 2 aromatic carbocycles. The Morgan fingerprint density at radius 2 is 1.64 bits per heavy atom. The quantitative estimate of drug-likeness (QED) is 0.568. The van der Waals surface area contributed by atoms with Gasteiger partial charge in [0.2, 0.25) is 11.7 Å². The molecule has 3 aromatic rings. The molecule has 0 saturated carbocycles. The zero-order valence-corrected chi connectivity index (χ0v) is 18.3. The van der Waals surface area contributed by atoms with E-state index in [1.54, 1.807) is 14.0 Å². The van der Waals surface area contributed by atoms with Crippen molar-refractivity contribution in [3.63, 3.8) is 0 Å². The fourth-order valence-electron chi connectivity index (χ4n) is 4.10. The highest BCUT2D eigenvalue weighted by Gasteiger charge is 2.29. The van der Waals surface area contributed by atoms with Gasteiger partial charge in [-0.25, -0.2) is 9.59 Å². The normalized spacial score (nSPS) is 13.0. The number of carboxylic acids is 1. The van der Waals surface area contributed by atoms with Gasteiger partial charge in [0.1, 0.15) is 18.4 Å². The first-order chi connectivity index (χ1) is 15.8. The lowest BCUT2D eigenvalue weighted by Gasteiger charge is -2.21. The average molecular weight is 448 g/mol. The Labute approximate surface area is 190 Å². The predicted molar refractivity (Wildman–Crippen MR) is 120 cm³/mol. The molecule has 1 aliphatic carbocycles. The van der Waals surface area contributed by atoms with Crippen LogP contribution in [-0.2, 0) is 16.1 Å². The largest absolute Gasteiger partial charge is 0.475 e. The minimum absolute atomic E-state index is 0.0702. The molecule has 8 heteroatoms. The zero-order chi connectivity index (χ0) is 23.5. The topological polar surface area (TPSA) is 109 Å². The molecule has 0 spiro atoms. The van der Waals surface area contributed by atoms with Crippen LogP contribution in [0.25, 0.3) is 11.1 Å². The van der Waals surface area contributed by atoms with Gasteiger partial charge in [0.25, 0.3) is 0 Å². The van der Waals surface area contributed by atoms with Crippen LogP contribution in [0.3, 0.4) is 0 Å². The van der Waals surface area contributed by atoms with Crippen molar-refractivity contribution in [2.24, 2.45) is 0 Å². The van der Waals surface area contributed by atoms with Gasteiger partial charge in [-0.2, -0.15) is 0 Å². The Morgan fingerprint density at radius 1 is 1.03 bits per heavy atom. The van der Waals surface area contributed by atoms with E-state index in [2.05, 4.69) is 17.4 Å². The van der Waals surface area contributed by atoms with E-state index in [0.29, 0.717) is 5.76 Å². The molecule has 1 aliphatic rings. The van der Waals surface area contributed by atoms with Crippen LogP contribution in [0.4, 0.5) is 4.79 Å².